The number of halogens is 1. The van der Waals surface area contributed by atoms with Crippen LogP contribution in [0.4, 0.5) is 4.39 Å². The van der Waals surface area contributed by atoms with Gasteiger partial charge in [0.2, 0.25) is 5.91 Å². The lowest BCUT2D eigenvalue weighted by molar-refractivity contribution is -0.141. The molecule has 3 rings (SSSR count). The molecule has 0 saturated carbocycles. The summed E-state index contributed by atoms with van der Waals surface area (Å²) in [4.78, 5) is 28.4. The molecular formula is C17H21FN2O3. The van der Waals surface area contributed by atoms with Crippen LogP contribution in [-0.4, -0.2) is 61.0 Å². The van der Waals surface area contributed by atoms with Crippen molar-refractivity contribution in [3.8, 4) is 0 Å². The standard InChI is InChI=1S/C17H21FN2O3/c18-15-3-1-2-14(12-15)17(22)19-6-4-13(5-7-19)16(21)20-8-10-23-11-9-20/h1-3,12-13H,4-11H2. The van der Waals surface area contributed by atoms with E-state index in [4.69, 9.17) is 4.74 Å². The molecule has 0 spiro atoms. The van der Waals surface area contributed by atoms with Gasteiger partial charge in [-0.2, -0.15) is 0 Å². The number of rotatable bonds is 2. The molecule has 1 aromatic rings. The Morgan fingerprint density at radius 1 is 1.04 bits per heavy atom. The van der Waals surface area contributed by atoms with Gasteiger partial charge in [-0.25, -0.2) is 4.39 Å². The lowest BCUT2D eigenvalue weighted by Crippen LogP contribution is -2.47. The number of carbonyl (C=O) groups excluding carboxylic acids is 2. The largest absolute Gasteiger partial charge is 0.378 e. The van der Waals surface area contributed by atoms with E-state index in [-0.39, 0.29) is 17.7 Å². The second-order valence-electron chi connectivity index (χ2n) is 6.01. The Balaban J connectivity index is 1.55. The lowest BCUT2D eigenvalue weighted by Gasteiger charge is -2.35. The molecule has 124 valence electrons. The highest BCUT2D eigenvalue weighted by Gasteiger charge is 2.31. The Hall–Kier alpha value is -1.95. The minimum atomic E-state index is -0.409. The van der Waals surface area contributed by atoms with Crippen molar-refractivity contribution >= 4 is 11.8 Å². The zero-order valence-electron chi connectivity index (χ0n) is 13.0. The van der Waals surface area contributed by atoms with E-state index in [0.717, 1.165) is 0 Å². The summed E-state index contributed by atoms with van der Waals surface area (Å²) in [6, 6.07) is 5.74. The quantitative estimate of drug-likeness (QED) is 0.830. The minimum absolute atomic E-state index is 0.0235. The fourth-order valence-corrected chi connectivity index (χ4v) is 3.18. The predicted octanol–water partition coefficient (Wildman–Crippen LogP) is 1.54. The second kappa shape index (κ2) is 7.08. The number of morpholine rings is 1. The van der Waals surface area contributed by atoms with Crippen molar-refractivity contribution in [3.05, 3.63) is 35.6 Å². The van der Waals surface area contributed by atoms with Gasteiger partial charge in [0.25, 0.3) is 5.91 Å². The Morgan fingerprint density at radius 3 is 2.39 bits per heavy atom. The first kappa shape index (κ1) is 15.9. The monoisotopic (exact) mass is 320 g/mol. The molecule has 6 heteroatoms. The van der Waals surface area contributed by atoms with Gasteiger partial charge in [-0.05, 0) is 31.0 Å². The predicted molar refractivity (Wildman–Crippen MR) is 82.4 cm³/mol. The molecule has 23 heavy (non-hydrogen) atoms. The first-order chi connectivity index (χ1) is 11.1. The van der Waals surface area contributed by atoms with Crippen LogP contribution in [0.5, 0.6) is 0 Å². The Kier molecular flexibility index (Phi) is 4.91. The number of nitrogens with zero attached hydrogens (tertiary/aromatic N) is 2. The summed E-state index contributed by atoms with van der Waals surface area (Å²) in [5, 5.41) is 0. The SMILES string of the molecule is O=C(c1cccc(F)c1)N1CCC(C(=O)N2CCOCC2)CC1. The van der Waals surface area contributed by atoms with Gasteiger partial charge in [0.1, 0.15) is 5.82 Å². The van der Waals surface area contributed by atoms with Gasteiger partial charge in [-0.1, -0.05) is 6.07 Å². The summed E-state index contributed by atoms with van der Waals surface area (Å²) in [7, 11) is 0. The fraction of sp³-hybridized carbons (Fsp3) is 0.529. The van der Waals surface area contributed by atoms with E-state index in [1.807, 2.05) is 4.90 Å². The van der Waals surface area contributed by atoms with Crippen LogP contribution >= 0.6 is 0 Å². The van der Waals surface area contributed by atoms with Crippen molar-refractivity contribution in [1.82, 2.24) is 9.80 Å². The molecular weight excluding hydrogens is 299 g/mol. The number of piperidine rings is 1. The molecule has 0 atom stereocenters. The first-order valence-electron chi connectivity index (χ1n) is 8.06. The molecule has 2 amide bonds. The van der Waals surface area contributed by atoms with Crippen molar-refractivity contribution in [3.63, 3.8) is 0 Å². The number of hydrogen-bond acceptors (Lipinski definition) is 3. The van der Waals surface area contributed by atoms with Gasteiger partial charge in [-0.15, -0.1) is 0 Å². The van der Waals surface area contributed by atoms with Gasteiger partial charge in [0, 0.05) is 37.7 Å². The van der Waals surface area contributed by atoms with Crippen molar-refractivity contribution in [2.24, 2.45) is 5.92 Å². The van der Waals surface area contributed by atoms with E-state index in [1.165, 1.54) is 18.2 Å². The third-order valence-electron chi connectivity index (χ3n) is 4.53. The van der Waals surface area contributed by atoms with Crippen LogP contribution in [0.2, 0.25) is 0 Å². The van der Waals surface area contributed by atoms with Gasteiger partial charge in [0.05, 0.1) is 13.2 Å². The van der Waals surface area contributed by atoms with E-state index in [0.29, 0.717) is 57.8 Å². The van der Waals surface area contributed by atoms with Gasteiger partial charge in [0.15, 0.2) is 0 Å². The summed E-state index contributed by atoms with van der Waals surface area (Å²) in [5.41, 5.74) is 0.364. The smallest absolute Gasteiger partial charge is 0.253 e. The summed E-state index contributed by atoms with van der Waals surface area (Å²) < 4.78 is 18.5. The zero-order chi connectivity index (χ0) is 16.2. The maximum absolute atomic E-state index is 13.2. The van der Waals surface area contributed by atoms with E-state index in [2.05, 4.69) is 0 Å². The van der Waals surface area contributed by atoms with Crippen molar-refractivity contribution in [1.29, 1.82) is 0 Å². The third-order valence-corrected chi connectivity index (χ3v) is 4.53. The summed E-state index contributed by atoms with van der Waals surface area (Å²) in [6.45, 7) is 3.58. The number of amides is 2. The molecule has 1 aromatic carbocycles. The summed E-state index contributed by atoms with van der Waals surface area (Å²) >= 11 is 0. The molecule has 0 aliphatic carbocycles. The molecule has 2 aliphatic rings. The fourth-order valence-electron chi connectivity index (χ4n) is 3.18. The van der Waals surface area contributed by atoms with Crippen LogP contribution in [0, 0.1) is 11.7 Å². The first-order valence-corrected chi connectivity index (χ1v) is 8.06. The Morgan fingerprint density at radius 2 is 1.74 bits per heavy atom. The average Bonchev–Trinajstić information content (AvgIpc) is 2.61. The summed E-state index contributed by atoms with van der Waals surface area (Å²) in [6.07, 6.45) is 1.33. The van der Waals surface area contributed by atoms with Crippen LogP contribution in [0.25, 0.3) is 0 Å². The van der Waals surface area contributed by atoms with Crippen molar-refractivity contribution < 1.29 is 18.7 Å². The number of likely N-dealkylation sites (tertiary alicyclic amines) is 1. The molecule has 2 saturated heterocycles. The van der Waals surface area contributed by atoms with Crippen LogP contribution in [0.15, 0.2) is 24.3 Å². The molecule has 2 aliphatic heterocycles. The molecule has 2 fully saturated rings. The van der Waals surface area contributed by atoms with E-state index in [1.54, 1.807) is 11.0 Å². The molecule has 2 heterocycles. The third kappa shape index (κ3) is 3.69. The molecule has 0 aromatic heterocycles. The van der Waals surface area contributed by atoms with Crippen LogP contribution in [0.3, 0.4) is 0 Å². The van der Waals surface area contributed by atoms with Crippen LogP contribution in [-0.2, 0) is 9.53 Å². The highest BCUT2D eigenvalue weighted by molar-refractivity contribution is 5.94. The number of benzene rings is 1. The topological polar surface area (TPSA) is 49.9 Å². The van der Waals surface area contributed by atoms with Crippen molar-refractivity contribution in [2.75, 3.05) is 39.4 Å². The molecule has 0 N–H and O–H groups in total. The van der Waals surface area contributed by atoms with E-state index < -0.39 is 5.82 Å². The van der Waals surface area contributed by atoms with E-state index in [9.17, 15) is 14.0 Å². The number of carbonyl (C=O) groups is 2. The van der Waals surface area contributed by atoms with Crippen molar-refractivity contribution in [2.45, 2.75) is 12.8 Å². The maximum Gasteiger partial charge on any atom is 0.253 e. The molecule has 5 nitrogen and oxygen atoms in total. The summed E-state index contributed by atoms with van der Waals surface area (Å²) in [5.74, 6) is -0.425. The molecule has 0 unspecified atom stereocenters. The van der Waals surface area contributed by atoms with Crippen LogP contribution in [0.1, 0.15) is 23.2 Å². The normalized spacial score (nSPS) is 19.7. The highest BCUT2D eigenvalue weighted by Crippen LogP contribution is 2.22. The second-order valence-corrected chi connectivity index (χ2v) is 6.01. The Bertz CT molecular complexity index is 579. The lowest BCUT2D eigenvalue weighted by atomic mass is 9.94. The highest BCUT2D eigenvalue weighted by atomic mass is 19.1. The van der Waals surface area contributed by atoms with Gasteiger partial charge < -0.3 is 14.5 Å². The number of ether oxygens (including phenoxy) is 1. The molecule has 0 bridgehead atoms. The molecule has 0 radical (unpaired) electrons. The Labute approximate surface area is 135 Å². The van der Waals surface area contributed by atoms with Gasteiger partial charge >= 0.3 is 0 Å². The van der Waals surface area contributed by atoms with E-state index >= 15 is 0 Å². The maximum atomic E-state index is 13.2. The van der Waals surface area contributed by atoms with Gasteiger partial charge in [-0.3, -0.25) is 9.59 Å². The zero-order valence-corrected chi connectivity index (χ0v) is 13.0. The minimum Gasteiger partial charge on any atom is -0.378 e. The van der Waals surface area contributed by atoms with Crippen LogP contribution < -0.4 is 0 Å². The average molecular weight is 320 g/mol. The number of hydrogen-bond donors (Lipinski definition) is 0.